The number of phenolic OH excluding ortho intramolecular Hbond substituents is 1. The summed E-state index contributed by atoms with van der Waals surface area (Å²) in [6.07, 6.45) is 0. The molecule has 180 valence electrons. The molecular weight excluding hydrogens is 517 g/mol. The lowest BCUT2D eigenvalue weighted by Gasteiger charge is -2.26. The normalized spacial score (nSPS) is 17.1. The van der Waals surface area contributed by atoms with Crippen LogP contribution in [-0.4, -0.2) is 36.1 Å². The van der Waals surface area contributed by atoms with Crippen LogP contribution in [0.3, 0.4) is 0 Å². The van der Waals surface area contributed by atoms with Crippen LogP contribution < -0.4 is 14.4 Å². The molecule has 2 N–H and O–H groups in total. The quantitative estimate of drug-likeness (QED) is 0.237. The standard InChI is InChI=1S/C25H18Cl3NO6/c1-34-19-11-20(35-2)18(28)10-15(19)23(31)21-22(12-4-3-5-14(30)8-12)29(25(33)24(21)32)13-6-7-16(26)17(27)9-13/h3-11,22,30-31H,1-2H3/b23-21+. The summed E-state index contributed by atoms with van der Waals surface area (Å²) in [6.45, 7) is 0. The number of aromatic hydroxyl groups is 1. The van der Waals surface area contributed by atoms with E-state index in [9.17, 15) is 19.8 Å². The van der Waals surface area contributed by atoms with Crippen LogP contribution in [0.4, 0.5) is 5.69 Å². The number of nitrogens with zero attached hydrogens (tertiary/aromatic N) is 1. The van der Waals surface area contributed by atoms with Gasteiger partial charge in [-0.25, -0.2) is 0 Å². The van der Waals surface area contributed by atoms with Gasteiger partial charge in [-0.05, 0) is 42.0 Å². The Balaban J connectivity index is 2.00. The molecule has 1 saturated heterocycles. The number of phenols is 1. The monoisotopic (exact) mass is 533 g/mol. The number of Topliss-reactive ketones (excluding diaryl/α,β-unsaturated/α-hetero) is 1. The van der Waals surface area contributed by atoms with Gasteiger partial charge in [0.25, 0.3) is 11.7 Å². The number of halogens is 3. The summed E-state index contributed by atoms with van der Waals surface area (Å²) >= 11 is 18.5. The Morgan fingerprint density at radius 1 is 0.886 bits per heavy atom. The van der Waals surface area contributed by atoms with Gasteiger partial charge in [0.1, 0.15) is 23.0 Å². The average molecular weight is 535 g/mol. The summed E-state index contributed by atoms with van der Waals surface area (Å²) in [6, 6.07) is 12.2. The smallest absolute Gasteiger partial charge is 0.300 e. The van der Waals surface area contributed by atoms with Crippen LogP contribution in [0.15, 0.2) is 60.2 Å². The van der Waals surface area contributed by atoms with Crippen LogP contribution in [0.25, 0.3) is 5.76 Å². The van der Waals surface area contributed by atoms with Crippen molar-refractivity contribution in [3.63, 3.8) is 0 Å². The largest absolute Gasteiger partial charge is 0.508 e. The van der Waals surface area contributed by atoms with E-state index in [-0.39, 0.29) is 43.4 Å². The van der Waals surface area contributed by atoms with Gasteiger partial charge >= 0.3 is 0 Å². The Morgan fingerprint density at radius 2 is 1.60 bits per heavy atom. The highest BCUT2D eigenvalue weighted by atomic mass is 35.5. The molecule has 0 spiro atoms. The summed E-state index contributed by atoms with van der Waals surface area (Å²) in [5.74, 6) is -2.00. The molecule has 1 fully saturated rings. The minimum atomic E-state index is -1.11. The lowest BCUT2D eigenvalue weighted by Crippen LogP contribution is -2.29. The number of aliphatic hydroxyl groups is 1. The first kappa shape index (κ1) is 24.7. The van der Waals surface area contributed by atoms with Gasteiger partial charge in [0.2, 0.25) is 0 Å². The number of anilines is 1. The molecule has 1 amide bonds. The Morgan fingerprint density at radius 3 is 2.23 bits per heavy atom. The molecule has 35 heavy (non-hydrogen) atoms. The lowest BCUT2D eigenvalue weighted by atomic mass is 9.94. The van der Waals surface area contributed by atoms with Gasteiger partial charge in [-0.3, -0.25) is 14.5 Å². The fraction of sp³-hybridized carbons (Fsp3) is 0.120. The summed E-state index contributed by atoms with van der Waals surface area (Å²) in [5.41, 5.74) is 0.491. The summed E-state index contributed by atoms with van der Waals surface area (Å²) in [7, 11) is 2.80. The molecule has 1 aliphatic rings. The molecule has 0 aliphatic carbocycles. The molecule has 3 aromatic carbocycles. The Bertz CT molecular complexity index is 1390. The van der Waals surface area contributed by atoms with Crippen molar-refractivity contribution in [2.24, 2.45) is 0 Å². The van der Waals surface area contributed by atoms with Crippen LogP contribution in [0, 0.1) is 0 Å². The van der Waals surface area contributed by atoms with Crippen LogP contribution in [0.2, 0.25) is 15.1 Å². The molecular formula is C25H18Cl3NO6. The van der Waals surface area contributed by atoms with Crippen molar-refractivity contribution in [1.82, 2.24) is 0 Å². The third-order valence-corrected chi connectivity index (χ3v) is 6.58. The molecule has 3 aromatic rings. The number of carbonyl (C=O) groups is 2. The second-order valence-corrected chi connectivity index (χ2v) is 8.77. The Hall–Kier alpha value is -3.39. The van der Waals surface area contributed by atoms with Crippen molar-refractivity contribution in [3.8, 4) is 17.2 Å². The first-order chi connectivity index (χ1) is 16.7. The molecule has 1 atom stereocenters. The van der Waals surface area contributed by atoms with Crippen molar-refractivity contribution in [2.45, 2.75) is 6.04 Å². The summed E-state index contributed by atoms with van der Waals surface area (Å²) < 4.78 is 10.6. The number of hydrogen-bond acceptors (Lipinski definition) is 6. The molecule has 4 rings (SSSR count). The number of ether oxygens (including phenoxy) is 2. The zero-order chi connectivity index (χ0) is 25.4. The van der Waals surface area contributed by atoms with Crippen molar-refractivity contribution >= 4 is 57.9 Å². The van der Waals surface area contributed by atoms with Gasteiger partial charge < -0.3 is 19.7 Å². The number of hydrogen-bond donors (Lipinski definition) is 2. The highest BCUT2D eigenvalue weighted by Crippen LogP contribution is 2.45. The summed E-state index contributed by atoms with van der Waals surface area (Å²) in [4.78, 5) is 27.7. The third kappa shape index (κ3) is 4.38. The first-order valence-corrected chi connectivity index (χ1v) is 11.3. The van der Waals surface area contributed by atoms with Crippen molar-refractivity contribution < 1.29 is 29.3 Å². The fourth-order valence-electron chi connectivity index (χ4n) is 3.93. The maximum atomic E-state index is 13.3. The molecule has 1 heterocycles. The molecule has 1 aliphatic heterocycles. The second kappa shape index (κ2) is 9.70. The topological polar surface area (TPSA) is 96.3 Å². The molecule has 0 bridgehead atoms. The molecule has 0 aromatic heterocycles. The van der Waals surface area contributed by atoms with E-state index in [0.29, 0.717) is 11.3 Å². The lowest BCUT2D eigenvalue weighted by molar-refractivity contribution is -0.132. The predicted molar refractivity (Wildman–Crippen MR) is 134 cm³/mol. The highest BCUT2D eigenvalue weighted by molar-refractivity contribution is 6.52. The van der Waals surface area contributed by atoms with E-state index in [4.69, 9.17) is 44.3 Å². The van der Waals surface area contributed by atoms with Crippen LogP contribution >= 0.6 is 34.8 Å². The van der Waals surface area contributed by atoms with E-state index in [1.807, 2.05) is 0 Å². The fourth-order valence-corrected chi connectivity index (χ4v) is 4.47. The van der Waals surface area contributed by atoms with Gasteiger partial charge in [-0.1, -0.05) is 46.9 Å². The first-order valence-electron chi connectivity index (χ1n) is 10.1. The van der Waals surface area contributed by atoms with E-state index >= 15 is 0 Å². The predicted octanol–water partition coefficient (Wildman–Crippen LogP) is 6.00. The van der Waals surface area contributed by atoms with Gasteiger partial charge in [-0.15, -0.1) is 0 Å². The minimum Gasteiger partial charge on any atom is -0.508 e. The van der Waals surface area contributed by atoms with Gasteiger partial charge in [0.15, 0.2) is 0 Å². The molecule has 0 saturated carbocycles. The average Bonchev–Trinajstić information content (AvgIpc) is 3.10. The number of carbonyl (C=O) groups excluding carboxylic acids is 2. The zero-order valence-corrected chi connectivity index (χ0v) is 20.6. The van der Waals surface area contributed by atoms with Gasteiger partial charge in [0, 0.05) is 11.8 Å². The number of rotatable bonds is 5. The SMILES string of the molecule is COc1cc(OC)c(/C(O)=C2\C(=O)C(=O)N(c3ccc(Cl)c(Cl)c3)C2c2cccc(O)c2)cc1Cl. The van der Waals surface area contributed by atoms with Gasteiger partial charge in [-0.2, -0.15) is 0 Å². The van der Waals surface area contributed by atoms with E-state index < -0.39 is 23.5 Å². The Kier molecular flexibility index (Phi) is 6.85. The third-order valence-electron chi connectivity index (χ3n) is 5.54. The number of aliphatic hydroxyl groups excluding tert-OH is 1. The van der Waals surface area contributed by atoms with E-state index in [1.165, 1.54) is 61.6 Å². The van der Waals surface area contributed by atoms with E-state index in [0.717, 1.165) is 0 Å². The number of amides is 1. The van der Waals surface area contributed by atoms with Crippen molar-refractivity contribution in [3.05, 3.63) is 86.4 Å². The van der Waals surface area contributed by atoms with Crippen molar-refractivity contribution in [1.29, 1.82) is 0 Å². The molecule has 1 unspecified atom stereocenters. The number of ketones is 1. The van der Waals surface area contributed by atoms with E-state index in [1.54, 1.807) is 12.1 Å². The number of benzene rings is 3. The van der Waals surface area contributed by atoms with Gasteiger partial charge in [0.05, 0.1) is 46.5 Å². The second-order valence-electron chi connectivity index (χ2n) is 7.55. The minimum absolute atomic E-state index is 0.0793. The summed E-state index contributed by atoms with van der Waals surface area (Å²) in [5, 5.41) is 22.1. The highest BCUT2D eigenvalue weighted by Gasteiger charge is 2.47. The van der Waals surface area contributed by atoms with Crippen molar-refractivity contribution in [2.75, 3.05) is 19.1 Å². The zero-order valence-electron chi connectivity index (χ0n) is 18.4. The van der Waals surface area contributed by atoms with Crippen LogP contribution in [-0.2, 0) is 9.59 Å². The number of methoxy groups -OCH3 is 2. The van der Waals surface area contributed by atoms with E-state index in [2.05, 4.69) is 0 Å². The van der Waals surface area contributed by atoms with Crippen LogP contribution in [0.1, 0.15) is 17.2 Å². The van der Waals surface area contributed by atoms with Crippen LogP contribution in [0.5, 0.6) is 17.2 Å². The molecule has 0 radical (unpaired) electrons. The maximum Gasteiger partial charge on any atom is 0.300 e. The maximum absolute atomic E-state index is 13.3. The molecule has 7 nitrogen and oxygen atoms in total. The Labute approximate surface area is 215 Å². The molecule has 10 heteroatoms.